The van der Waals surface area contributed by atoms with E-state index in [4.69, 9.17) is 11.6 Å². The summed E-state index contributed by atoms with van der Waals surface area (Å²) in [4.78, 5) is 28.2. The number of anilines is 2. The number of nitrogens with one attached hydrogen (secondary N) is 1. The fourth-order valence-corrected chi connectivity index (χ4v) is 3.91. The third-order valence-electron chi connectivity index (χ3n) is 5.47. The van der Waals surface area contributed by atoms with Gasteiger partial charge in [0.2, 0.25) is 0 Å². The van der Waals surface area contributed by atoms with Crippen LogP contribution in [0.25, 0.3) is 5.57 Å². The fraction of sp³-hybridized carbons (Fsp3) is 0.154. The summed E-state index contributed by atoms with van der Waals surface area (Å²) in [6.45, 7) is 7.82. The number of amides is 2. The molecule has 31 heavy (non-hydrogen) atoms. The number of halogens is 1. The quantitative estimate of drug-likeness (QED) is 0.518. The molecule has 0 aromatic heterocycles. The first-order valence-electron chi connectivity index (χ1n) is 10.1. The van der Waals surface area contributed by atoms with Crippen molar-refractivity contribution in [3.05, 3.63) is 99.2 Å². The number of aryl methyl sites for hydroxylation is 4. The summed E-state index contributed by atoms with van der Waals surface area (Å²) in [5.41, 5.74) is 6.55. The lowest BCUT2D eigenvalue weighted by Gasteiger charge is -2.16. The van der Waals surface area contributed by atoms with Gasteiger partial charge >= 0.3 is 0 Å². The van der Waals surface area contributed by atoms with Crippen molar-refractivity contribution >= 4 is 40.4 Å². The van der Waals surface area contributed by atoms with Crippen molar-refractivity contribution in [2.24, 2.45) is 0 Å². The molecule has 0 saturated carbocycles. The number of carbonyl (C=O) groups excluding carboxylic acids is 2. The Morgan fingerprint density at radius 3 is 2.06 bits per heavy atom. The van der Waals surface area contributed by atoms with Gasteiger partial charge < -0.3 is 5.32 Å². The highest BCUT2D eigenvalue weighted by Crippen LogP contribution is 2.35. The van der Waals surface area contributed by atoms with Gasteiger partial charge in [-0.05, 0) is 68.7 Å². The van der Waals surface area contributed by atoms with Crippen molar-refractivity contribution in [1.82, 2.24) is 0 Å². The molecule has 0 fully saturated rings. The van der Waals surface area contributed by atoms with E-state index in [0.29, 0.717) is 22.0 Å². The lowest BCUT2D eigenvalue weighted by Crippen LogP contribution is -2.32. The first-order valence-corrected chi connectivity index (χ1v) is 10.4. The maximum atomic E-state index is 13.5. The Kier molecular flexibility index (Phi) is 5.42. The molecule has 156 valence electrons. The second-order valence-corrected chi connectivity index (χ2v) is 8.35. The summed E-state index contributed by atoms with van der Waals surface area (Å²) in [6, 6.07) is 18.7. The van der Waals surface area contributed by atoms with Crippen LogP contribution in [-0.2, 0) is 9.59 Å². The third kappa shape index (κ3) is 3.87. The van der Waals surface area contributed by atoms with Crippen molar-refractivity contribution in [3.8, 4) is 0 Å². The Balaban J connectivity index is 1.85. The molecule has 4 rings (SSSR count). The van der Waals surface area contributed by atoms with Gasteiger partial charge in [-0.3, -0.25) is 9.59 Å². The zero-order chi connectivity index (χ0) is 22.3. The number of rotatable bonds is 4. The highest BCUT2D eigenvalue weighted by atomic mass is 35.5. The van der Waals surface area contributed by atoms with Crippen LogP contribution in [0.2, 0.25) is 5.02 Å². The van der Waals surface area contributed by atoms with E-state index in [1.54, 1.807) is 18.2 Å². The molecule has 1 heterocycles. The average Bonchev–Trinajstić information content (AvgIpc) is 2.96. The van der Waals surface area contributed by atoms with Crippen molar-refractivity contribution in [2.45, 2.75) is 27.7 Å². The van der Waals surface area contributed by atoms with Crippen molar-refractivity contribution in [2.75, 3.05) is 10.2 Å². The number of carbonyl (C=O) groups is 2. The smallest absolute Gasteiger partial charge is 0.282 e. The van der Waals surface area contributed by atoms with Crippen LogP contribution in [0.1, 0.15) is 27.8 Å². The summed E-state index contributed by atoms with van der Waals surface area (Å²) in [7, 11) is 0. The Morgan fingerprint density at radius 2 is 1.42 bits per heavy atom. The molecule has 1 aliphatic heterocycles. The van der Waals surface area contributed by atoms with E-state index in [2.05, 4.69) is 5.32 Å². The normalized spacial score (nSPS) is 13.9. The zero-order valence-electron chi connectivity index (χ0n) is 17.9. The fourth-order valence-electron chi connectivity index (χ4n) is 3.73. The van der Waals surface area contributed by atoms with E-state index in [0.717, 1.165) is 27.8 Å². The van der Waals surface area contributed by atoms with Gasteiger partial charge in [-0.2, -0.15) is 0 Å². The van der Waals surface area contributed by atoms with Crippen LogP contribution in [0.4, 0.5) is 11.4 Å². The summed E-state index contributed by atoms with van der Waals surface area (Å²) in [6.07, 6.45) is 0. The summed E-state index contributed by atoms with van der Waals surface area (Å²) in [5.74, 6) is -0.734. The molecule has 0 atom stereocenters. The van der Waals surface area contributed by atoms with Crippen LogP contribution in [0.3, 0.4) is 0 Å². The van der Waals surface area contributed by atoms with Crippen molar-refractivity contribution in [3.63, 3.8) is 0 Å². The molecule has 1 aliphatic rings. The van der Waals surface area contributed by atoms with Crippen molar-refractivity contribution < 1.29 is 9.59 Å². The van der Waals surface area contributed by atoms with Gasteiger partial charge in [-0.1, -0.05) is 59.1 Å². The second kappa shape index (κ2) is 8.05. The van der Waals surface area contributed by atoms with E-state index in [1.165, 1.54) is 4.90 Å². The molecule has 2 amide bonds. The molecule has 0 unspecified atom stereocenters. The molecule has 5 heteroatoms. The number of hydrogen-bond donors (Lipinski definition) is 1. The molecule has 1 N–H and O–H groups in total. The topological polar surface area (TPSA) is 49.4 Å². The number of benzene rings is 3. The number of hydrogen-bond acceptors (Lipinski definition) is 3. The van der Waals surface area contributed by atoms with E-state index < -0.39 is 0 Å². The van der Waals surface area contributed by atoms with E-state index in [9.17, 15) is 9.59 Å². The van der Waals surface area contributed by atoms with Gasteiger partial charge in [0.1, 0.15) is 5.70 Å². The van der Waals surface area contributed by atoms with Crippen LogP contribution in [0.5, 0.6) is 0 Å². The Labute approximate surface area is 187 Å². The molecule has 3 aromatic carbocycles. The molecule has 0 bridgehead atoms. The van der Waals surface area contributed by atoms with Gasteiger partial charge in [0.05, 0.1) is 11.3 Å². The van der Waals surface area contributed by atoms with Crippen LogP contribution in [-0.4, -0.2) is 11.8 Å². The molecule has 0 saturated heterocycles. The lowest BCUT2D eigenvalue weighted by molar-refractivity contribution is -0.120. The molecule has 0 aliphatic carbocycles. The van der Waals surface area contributed by atoms with Gasteiger partial charge in [-0.15, -0.1) is 0 Å². The standard InChI is InChI=1S/C26H23ClN2O2/c1-15-5-10-20(11-6-15)29-25(30)23(21-12-7-16(2)13-18(21)4)24(26(29)31)28-19-9-8-17(3)22(27)14-19/h5-14,28H,1-4H3. The third-order valence-corrected chi connectivity index (χ3v) is 5.88. The van der Waals surface area contributed by atoms with Crippen LogP contribution < -0.4 is 10.2 Å². The first kappa shape index (κ1) is 20.9. The summed E-state index contributed by atoms with van der Waals surface area (Å²) < 4.78 is 0. The predicted molar refractivity (Wildman–Crippen MR) is 126 cm³/mol. The largest absolute Gasteiger partial charge is 0.350 e. The van der Waals surface area contributed by atoms with Crippen LogP contribution >= 0.6 is 11.6 Å². The number of nitrogens with zero attached hydrogens (tertiary/aromatic N) is 1. The maximum absolute atomic E-state index is 13.5. The number of imide groups is 1. The zero-order valence-corrected chi connectivity index (χ0v) is 18.7. The van der Waals surface area contributed by atoms with Gasteiger partial charge in [0.25, 0.3) is 11.8 Å². The highest BCUT2D eigenvalue weighted by Gasteiger charge is 2.40. The minimum atomic E-state index is -0.388. The summed E-state index contributed by atoms with van der Waals surface area (Å²) in [5, 5.41) is 3.76. The molecule has 3 aromatic rings. The Hall–Kier alpha value is -3.37. The van der Waals surface area contributed by atoms with E-state index >= 15 is 0 Å². The van der Waals surface area contributed by atoms with E-state index in [1.807, 2.05) is 70.2 Å². The summed E-state index contributed by atoms with van der Waals surface area (Å²) >= 11 is 6.28. The monoisotopic (exact) mass is 430 g/mol. The Morgan fingerprint density at radius 1 is 0.742 bits per heavy atom. The minimum absolute atomic E-state index is 0.248. The first-order chi connectivity index (χ1) is 14.8. The predicted octanol–water partition coefficient (Wildman–Crippen LogP) is 5.97. The average molecular weight is 431 g/mol. The van der Waals surface area contributed by atoms with Gasteiger partial charge in [0, 0.05) is 10.7 Å². The van der Waals surface area contributed by atoms with Crippen molar-refractivity contribution in [1.29, 1.82) is 0 Å². The molecular weight excluding hydrogens is 408 g/mol. The second-order valence-electron chi connectivity index (χ2n) is 7.94. The Bertz CT molecular complexity index is 1240. The molecule has 0 spiro atoms. The van der Waals surface area contributed by atoms with Crippen LogP contribution in [0.15, 0.2) is 66.4 Å². The van der Waals surface area contributed by atoms with Gasteiger partial charge in [0.15, 0.2) is 0 Å². The maximum Gasteiger partial charge on any atom is 0.282 e. The SMILES string of the molecule is Cc1ccc(N2C(=O)C(Nc3ccc(C)c(Cl)c3)=C(c3ccc(C)cc3C)C2=O)cc1. The molecular formula is C26H23ClN2O2. The van der Waals surface area contributed by atoms with Gasteiger partial charge in [-0.25, -0.2) is 4.90 Å². The van der Waals surface area contributed by atoms with Crippen LogP contribution in [0, 0.1) is 27.7 Å². The highest BCUT2D eigenvalue weighted by molar-refractivity contribution is 6.46. The molecule has 4 nitrogen and oxygen atoms in total. The minimum Gasteiger partial charge on any atom is -0.350 e. The molecule has 0 radical (unpaired) electrons. The van der Waals surface area contributed by atoms with E-state index in [-0.39, 0.29) is 17.5 Å². The lowest BCUT2D eigenvalue weighted by atomic mass is 9.97.